The molecule has 2 aromatic rings. The largest absolute Gasteiger partial charge is 0.326 e. The van der Waals surface area contributed by atoms with E-state index in [0.29, 0.717) is 12.0 Å². The molecule has 0 aliphatic heterocycles. The summed E-state index contributed by atoms with van der Waals surface area (Å²) in [5.41, 5.74) is 2.03. The summed E-state index contributed by atoms with van der Waals surface area (Å²) in [5, 5.41) is 5.71. The van der Waals surface area contributed by atoms with E-state index in [0.717, 1.165) is 24.2 Å². The Bertz CT molecular complexity index is 666. The van der Waals surface area contributed by atoms with Crippen LogP contribution in [-0.2, 0) is 4.79 Å². The molecule has 4 heteroatoms. The quantitative estimate of drug-likeness (QED) is 0.614. The molecule has 0 atom stereocenters. The van der Waals surface area contributed by atoms with Crippen LogP contribution in [-0.4, -0.2) is 11.8 Å². The van der Waals surface area contributed by atoms with Gasteiger partial charge in [-0.05, 0) is 42.8 Å². The topological polar surface area (TPSA) is 58.2 Å². The third-order valence-electron chi connectivity index (χ3n) is 3.97. The second kappa shape index (κ2) is 10.3. The van der Waals surface area contributed by atoms with Crippen molar-refractivity contribution in [2.75, 3.05) is 10.6 Å². The molecule has 0 spiro atoms. The minimum atomic E-state index is -0.167. The second-order valence-electron chi connectivity index (χ2n) is 6.11. The zero-order chi connectivity index (χ0) is 17.9. The van der Waals surface area contributed by atoms with Gasteiger partial charge < -0.3 is 10.6 Å². The predicted molar refractivity (Wildman–Crippen MR) is 103 cm³/mol. The minimum absolute atomic E-state index is 0.0259. The monoisotopic (exact) mass is 338 g/mol. The average molecular weight is 338 g/mol. The highest BCUT2D eigenvalue weighted by atomic mass is 16.2. The van der Waals surface area contributed by atoms with Gasteiger partial charge in [0.2, 0.25) is 5.91 Å². The Kier molecular flexibility index (Phi) is 7.70. The molecule has 0 saturated heterocycles. The highest BCUT2D eigenvalue weighted by Crippen LogP contribution is 2.13. The van der Waals surface area contributed by atoms with Crippen molar-refractivity contribution in [3.05, 3.63) is 60.2 Å². The van der Waals surface area contributed by atoms with Crippen molar-refractivity contribution in [3.63, 3.8) is 0 Å². The Hall–Kier alpha value is -2.62. The second-order valence-corrected chi connectivity index (χ2v) is 6.11. The van der Waals surface area contributed by atoms with Crippen molar-refractivity contribution in [1.29, 1.82) is 0 Å². The van der Waals surface area contributed by atoms with Gasteiger partial charge in [-0.3, -0.25) is 9.59 Å². The first kappa shape index (κ1) is 18.7. The molecule has 0 aromatic heterocycles. The fraction of sp³-hybridized carbons (Fsp3) is 0.333. The Morgan fingerprint density at radius 1 is 0.760 bits per heavy atom. The lowest BCUT2D eigenvalue weighted by Gasteiger charge is -2.08. The summed E-state index contributed by atoms with van der Waals surface area (Å²) in [6.07, 6.45) is 6.18. The Balaban J connectivity index is 1.79. The Morgan fingerprint density at radius 2 is 1.40 bits per heavy atom. The van der Waals surface area contributed by atoms with Crippen molar-refractivity contribution in [3.8, 4) is 0 Å². The van der Waals surface area contributed by atoms with E-state index in [2.05, 4.69) is 17.6 Å². The molecule has 0 heterocycles. The van der Waals surface area contributed by atoms with Crippen molar-refractivity contribution in [1.82, 2.24) is 0 Å². The van der Waals surface area contributed by atoms with Crippen molar-refractivity contribution >= 4 is 23.2 Å². The molecule has 0 bridgehead atoms. The van der Waals surface area contributed by atoms with Gasteiger partial charge in [-0.25, -0.2) is 0 Å². The standard InChI is InChI=1S/C21H26N2O2/c1-2-3-4-5-9-12-20(24)22-19-15-13-17(14-16-19)21(25)23-18-10-7-6-8-11-18/h6-8,10-11,13-16H,2-5,9,12H2,1H3,(H,22,24)(H,23,25). The molecule has 0 fully saturated rings. The summed E-state index contributed by atoms with van der Waals surface area (Å²) in [4.78, 5) is 24.1. The predicted octanol–water partition coefficient (Wildman–Crippen LogP) is 5.24. The van der Waals surface area contributed by atoms with E-state index in [9.17, 15) is 9.59 Å². The lowest BCUT2D eigenvalue weighted by atomic mass is 10.1. The molecule has 2 aromatic carbocycles. The molecule has 25 heavy (non-hydrogen) atoms. The lowest BCUT2D eigenvalue weighted by Crippen LogP contribution is -2.13. The first-order chi connectivity index (χ1) is 12.2. The van der Waals surface area contributed by atoms with Gasteiger partial charge in [-0.15, -0.1) is 0 Å². The molecule has 0 radical (unpaired) electrons. The molecule has 0 unspecified atom stereocenters. The van der Waals surface area contributed by atoms with E-state index in [4.69, 9.17) is 0 Å². The zero-order valence-electron chi connectivity index (χ0n) is 14.8. The highest BCUT2D eigenvalue weighted by Gasteiger charge is 2.07. The van der Waals surface area contributed by atoms with E-state index in [1.54, 1.807) is 24.3 Å². The average Bonchev–Trinajstić information content (AvgIpc) is 2.63. The smallest absolute Gasteiger partial charge is 0.255 e. The lowest BCUT2D eigenvalue weighted by molar-refractivity contribution is -0.116. The van der Waals surface area contributed by atoms with Crippen LogP contribution in [0.15, 0.2) is 54.6 Å². The molecule has 132 valence electrons. The van der Waals surface area contributed by atoms with Gasteiger partial charge in [0.05, 0.1) is 0 Å². The number of hydrogen-bond acceptors (Lipinski definition) is 2. The van der Waals surface area contributed by atoms with E-state index < -0.39 is 0 Å². The van der Waals surface area contributed by atoms with E-state index in [1.807, 2.05) is 30.3 Å². The molecule has 2 rings (SSSR count). The molecular formula is C21H26N2O2. The SMILES string of the molecule is CCCCCCCC(=O)Nc1ccc(C(=O)Nc2ccccc2)cc1. The molecule has 2 amide bonds. The third kappa shape index (κ3) is 6.79. The number of nitrogens with one attached hydrogen (secondary N) is 2. The van der Waals surface area contributed by atoms with E-state index in [1.165, 1.54) is 19.3 Å². The van der Waals surface area contributed by atoms with Crippen LogP contribution >= 0.6 is 0 Å². The summed E-state index contributed by atoms with van der Waals surface area (Å²) in [6.45, 7) is 2.18. The maximum atomic E-state index is 12.2. The number of hydrogen-bond donors (Lipinski definition) is 2. The number of carbonyl (C=O) groups excluding carboxylic acids is 2. The first-order valence-corrected chi connectivity index (χ1v) is 8.95. The van der Waals surface area contributed by atoms with Gasteiger partial charge in [-0.1, -0.05) is 50.8 Å². The summed E-state index contributed by atoms with van der Waals surface area (Å²) in [5.74, 6) is -0.141. The Morgan fingerprint density at radius 3 is 2.08 bits per heavy atom. The van der Waals surface area contributed by atoms with Crippen LogP contribution in [0, 0.1) is 0 Å². The molecule has 0 saturated carbocycles. The molecule has 4 nitrogen and oxygen atoms in total. The van der Waals surface area contributed by atoms with Gasteiger partial charge in [0.15, 0.2) is 0 Å². The minimum Gasteiger partial charge on any atom is -0.326 e. The zero-order valence-corrected chi connectivity index (χ0v) is 14.8. The summed E-state index contributed by atoms with van der Waals surface area (Å²) < 4.78 is 0. The highest BCUT2D eigenvalue weighted by molar-refractivity contribution is 6.04. The van der Waals surface area contributed by atoms with Gasteiger partial charge in [0, 0.05) is 23.4 Å². The number of benzene rings is 2. The van der Waals surface area contributed by atoms with Gasteiger partial charge in [-0.2, -0.15) is 0 Å². The maximum Gasteiger partial charge on any atom is 0.255 e. The third-order valence-corrected chi connectivity index (χ3v) is 3.97. The maximum absolute atomic E-state index is 12.2. The number of carbonyl (C=O) groups is 2. The van der Waals surface area contributed by atoms with Crippen LogP contribution in [0.4, 0.5) is 11.4 Å². The molecule has 0 aliphatic rings. The van der Waals surface area contributed by atoms with E-state index in [-0.39, 0.29) is 11.8 Å². The van der Waals surface area contributed by atoms with Gasteiger partial charge >= 0.3 is 0 Å². The number of amides is 2. The van der Waals surface area contributed by atoms with Crippen LogP contribution in [0.1, 0.15) is 55.8 Å². The van der Waals surface area contributed by atoms with Crippen molar-refractivity contribution in [2.45, 2.75) is 45.4 Å². The number of rotatable bonds is 9. The van der Waals surface area contributed by atoms with Crippen molar-refractivity contribution < 1.29 is 9.59 Å². The molecule has 0 aliphatic carbocycles. The summed E-state index contributed by atoms with van der Waals surface area (Å²) in [7, 11) is 0. The molecular weight excluding hydrogens is 312 g/mol. The Labute approximate surface area is 149 Å². The number of para-hydroxylation sites is 1. The number of unbranched alkanes of at least 4 members (excludes halogenated alkanes) is 4. The van der Waals surface area contributed by atoms with Crippen LogP contribution in [0.5, 0.6) is 0 Å². The fourth-order valence-electron chi connectivity index (χ4n) is 2.54. The molecule has 2 N–H and O–H groups in total. The summed E-state index contributed by atoms with van der Waals surface area (Å²) >= 11 is 0. The van der Waals surface area contributed by atoms with Gasteiger partial charge in [0.25, 0.3) is 5.91 Å². The number of anilines is 2. The van der Waals surface area contributed by atoms with E-state index >= 15 is 0 Å². The van der Waals surface area contributed by atoms with Crippen LogP contribution < -0.4 is 10.6 Å². The van der Waals surface area contributed by atoms with Crippen LogP contribution in [0.25, 0.3) is 0 Å². The normalized spacial score (nSPS) is 10.3. The van der Waals surface area contributed by atoms with Gasteiger partial charge in [0.1, 0.15) is 0 Å². The van der Waals surface area contributed by atoms with Crippen LogP contribution in [0.3, 0.4) is 0 Å². The van der Waals surface area contributed by atoms with Crippen LogP contribution in [0.2, 0.25) is 0 Å². The van der Waals surface area contributed by atoms with Crippen molar-refractivity contribution in [2.24, 2.45) is 0 Å². The first-order valence-electron chi connectivity index (χ1n) is 8.95. The summed E-state index contributed by atoms with van der Waals surface area (Å²) in [6, 6.07) is 16.3. The fourth-order valence-corrected chi connectivity index (χ4v) is 2.54.